The second kappa shape index (κ2) is 5.60. The number of likely N-dealkylation sites (tertiary alicyclic amines) is 1. The van der Waals surface area contributed by atoms with E-state index >= 15 is 0 Å². The summed E-state index contributed by atoms with van der Waals surface area (Å²) < 4.78 is 31.2. The fraction of sp³-hybridized carbons (Fsp3) is 0.889. The standard InChI is InChI=1S/C9H18N2O4S/c10-9(12)8-3-1-4-11(7-8)5-2-6-16(13,14)15/h8H,1-7H2,(H2,10,12)(H,13,14,15). The van der Waals surface area contributed by atoms with Crippen LogP contribution >= 0.6 is 0 Å². The first-order valence-corrected chi connectivity index (χ1v) is 7.02. The van der Waals surface area contributed by atoms with Crippen molar-refractivity contribution in [2.45, 2.75) is 19.3 Å². The van der Waals surface area contributed by atoms with Crippen molar-refractivity contribution in [3.05, 3.63) is 0 Å². The van der Waals surface area contributed by atoms with Gasteiger partial charge in [-0.2, -0.15) is 0 Å². The number of carbonyl (C=O) groups is 1. The van der Waals surface area contributed by atoms with Gasteiger partial charge >= 0.3 is 0 Å². The number of carbonyl (C=O) groups excluding carboxylic acids is 1. The average Bonchev–Trinajstić information content (AvgIpc) is 2.16. The van der Waals surface area contributed by atoms with Crippen LogP contribution in [-0.4, -0.2) is 44.3 Å². The van der Waals surface area contributed by atoms with E-state index in [2.05, 4.69) is 0 Å². The van der Waals surface area contributed by atoms with Crippen molar-refractivity contribution in [3.63, 3.8) is 0 Å². The maximum absolute atomic E-state index is 11.0. The highest BCUT2D eigenvalue weighted by Crippen LogP contribution is 2.05. The lowest BCUT2D eigenvalue weighted by Gasteiger charge is -2.28. The summed E-state index contributed by atoms with van der Waals surface area (Å²) >= 11 is 0. The molecule has 0 aliphatic carbocycles. The average molecular weight is 250 g/mol. The van der Waals surface area contributed by atoms with Gasteiger partial charge in [-0.3, -0.25) is 4.79 Å². The fourth-order valence-corrected chi connectivity index (χ4v) is 2.62. The van der Waals surface area contributed by atoms with Crippen LogP contribution in [0.2, 0.25) is 0 Å². The van der Waals surface area contributed by atoms with E-state index in [0.717, 1.165) is 19.4 Å². The van der Waals surface area contributed by atoms with Crippen molar-refractivity contribution >= 4 is 16.0 Å². The molecule has 1 fully saturated rings. The molecule has 1 amide bonds. The van der Waals surface area contributed by atoms with Gasteiger partial charge in [-0.15, -0.1) is 0 Å². The highest BCUT2D eigenvalue weighted by molar-refractivity contribution is 7.85. The van der Waals surface area contributed by atoms with Crippen LogP contribution in [0, 0.1) is 5.92 Å². The molecule has 1 rings (SSSR count). The van der Waals surface area contributed by atoms with E-state index in [1.807, 2.05) is 0 Å². The van der Waals surface area contributed by atoms with Crippen LogP contribution in [0.4, 0.5) is 0 Å². The highest BCUT2D eigenvalue weighted by Gasteiger charge is 2.26. The van der Waals surface area contributed by atoms with Crippen LogP contribution in [0.15, 0.2) is 0 Å². The zero-order valence-electron chi connectivity index (χ0n) is 9.15. The topological polar surface area (TPSA) is 105 Å². The number of piperidine rings is 1. The molecule has 1 aliphatic rings. The highest BCUT2D eigenvalue weighted by atomic mass is 32.2. The van der Waals surface area contributed by atoms with Gasteiger partial charge in [0.15, 0.2) is 0 Å². The van der Waals surface area contributed by atoms with Crippen LogP contribution in [-0.2, 0) is 14.9 Å². The van der Waals surface area contributed by atoms with Crippen LogP contribution in [0.3, 0.4) is 0 Å². The zero-order valence-corrected chi connectivity index (χ0v) is 9.96. The minimum Gasteiger partial charge on any atom is -0.748 e. The van der Waals surface area contributed by atoms with Crippen molar-refractivity contribution < 1.29 is 22.7 Å². The SMILES string of the molecule is NC(=O)C1CCC[NH+](CCCS(=O)(=O)[O-])C1. The van der Waals surface area contributed by atoms with Crippen LogP contribution in [0.1, 0.15) is 19.3 Å². The van der Waals surface area contributed by atoms with E-state index in [0.29, 0.717) is 19.5 Å². The fourth-order valence-electron chi connectivity index (χ4n) is 2.12. The molecule has 1 saturated heterocycles. The van der Waals surface area contributed by atoms with E-state index in [-0.39, 0.29) is 17.6 Å². The molecule has 0 bridgehead atoms. The number of amides is 1. The first-order chi connectivity index (χ1) is 7.38. The molecule has 3 N–H and O–H groups in total. The van der Waals surface area contributed by atoms with Crippen molar-refractivity contribution in [1.29, 1.82) is 0 Å². The molecule has 7 heteroatoms. The lowest BCUT2D eigenvalue weighted by Crippen LogP contribution is -3.13. The first kappa shape index (κ1) is 13.4. The maximum atomic E-state index is 11.0. The van der Waals surface area contributed by atoms with E-state index in [9.17, 15) is 17.8 Å². The van der Waals surface area contributed by atoms with E-state index in [1.165, 1.54) is 4.90 Å². The third-order valence-electron chi connectivity index (χ3n) is 2.95. The van der Waals surface area contributed by atoms with Crippen LogP contribution < -0.4 is 10.6 Å². The monoisotopic (exact) mass is 250 g/mol. The predicted molar refractivity (Wildman–Crippen MR) is 56.7 cm³/mol. The second-order valence-electron chi connectivity index (χ2n) is 4.31. The minimum atomic E-state index is -4.11. The Morgan fingerprint density at radius 3 is 2.75 bits per heavy atom. The molecule has 2 atom stereocenters. The summed E-state index contributed by atoms with van der Waals surface area (Å²) in [5, 5.41) is 0. The van der Waals surface area contributed by atoms with E-state index in [1.54, 1.807) is 0 Å². The van der Waals surface area contributed by atoms with Gasteiger partial charge in [0.05, 0.1) is 35.7 Å². The van der Waals surface area contributed by atoms with Crippen molar-refractivity contribution in [1.82, 2.24) is 0 Å². The molecule has 1 heterocycles. The van der Waals surface area contributed by atoms with Gasteiger partial charge in [-0.25, -0.2) is 8.42 Å². The molecular weight excluding hydrogens is 232 g/mol. The minimum absolute atomic E-state index is 0.104. The molecule has 0 saturated carbocycles. The van der Waals surface area contributed by atoms with Crippen LogP contribution in [0.25, 0.3) is 0 Å². The molecule has 1 aliphatic heterocycles. The maximum Gasteiger partial charge on any atom is 0.226 e. The van der Waals surface area contributed by atoms with Gasteiger partial charge in [-0.1, -0.05) is 0 Å². The molecule has 0 aromatic heterocycles. The zero-order chi connectivity index (χ0) is 12.2. The molecule has 6 nitrogen and oxygen atoms in total. The lowest BCUT2D eigenvalue weighted by atomic mass is 9.97. The summed E-state index contributed by atoms with van der Waals surface area (Å²) in [6.07, 6.45) is 2.10. The largest absolute Gasteiger partial charge is 0.748 e. The number of hydrogen-bond donors (Lipinski definition) is 2. The first-order valence-electron chi connectivity index (χ1n) is 5.45. The number of nitrogens with one attached hydrogen (secondary N) is 1. The molecular formula is C9H18N2O4S. The Morgan fingerprint density at radius 2 is 2.19 bits per heavy atom. The summed E-state index contributed by atoms with van der Waals surface area (Å²) in [6.45, 7) is 2.20. The molecule has 16 heavy (non-hydrogen) atoms. The third kappa shape index (κ3) is 4.91. The summed E-state index contributed by atoms with van der Waals surface area (Å²) in [4.78, 5) is 12.2. The number of hydrogen-bond acceptors (Lipinski definition) is 4. The number of nitrogens with two attached hydrogens (primary N) is 1. The summed E-state index contributed by atoms with van der Waals surface area (Å²) in [5.41, 5.74) is 5.23. The van der Waals surface area contributed by atoms with Gasteiger partial charge in [-0.05, 0) is 12.8 Å². The van der Waals surface area contributed by atoms with E-state index in [4.69, 9.17) is 5.73 Å². The summed E-state index contributed by atoms with van der Waals surface area (Å²) in [6, 6.07) is 0. The summed E-state index contributed by atoms with van der Waals surface area (Å²) in [5.74, 6) is -0.709. The Labute approximate surface area is 95.5 Å². The molecule has 0 aromatic rings. The van der Waals surface area contributed by atoms with Crippen molar-refractivity contribution in [2.75, 3.05) is 25.4 Å². The Kier molecular flexibility index (Phi) is 4.69. The Bertz CT molecular complexity index is 341. The molecule has 2 unspecified atom stereocenters. The molecule has 0 aromatic carbocycles. The van der Waals surface area contributed by atoms with Gasteiger partial charge < -0.3 is 15.2 Å². The number of quaternary nitrogens is 1. The Morgan fingerprint density at radius 1 is 1.50 bits per heavy atom. The van der Waals surface area contributed by atoms with Crippen LogP contribution in [0.5, 0.6) is 0 Å². The third-order valence-corrected chi connectivity index (χ3v) is 3.73. The van der Waals surface area contributed by atoms with Gasteiger partial charge in [0.2, 0.25) is 5.91 Å². The van der Waals surface area contributed by atoms with Crippen molar-refractivity contribution in [2.24, 2.45) is 11.7 Å². The second-order valence-corrected chi connectivity index (χ2v) is 5.83. The van der Waals surface area contributed by atoms with E-state index < -0.39 is 10.1 Å². The molecule has 94 valence electrons. The number of primary amides is 1. The quantitative estimate of drug-likeness (QED) is 0.535. The lowest BCUT2D eigenvalue weighted by molar-refractivity contribution is -0.907. The molecule has 0 radical (unpaired) electrons. The molecule has 0 spiro atoms. The van der Waals surface area contributed by atoms with Crippen molar-refractivity contribution in [3.8, 4) is 0 Å². The van der Waals surface area contributed by atoms with Gasteiger partial charge in [0.25, 0.3) is 0 Å². The Balaban J connectivity index is 2.30. The van der Waals surface area contributed by atoms with Gasteiger partial charge in [0.1, 0.15) is 0 Å². The number of rotatable bonds is 5. The summed E-state index contributed by atoms with van der Waals surface area (Å²) in [7, 11) is -4.11. The smallest absolute Gasteiger partial charge is 0.226 e. The normalized spacial score (nSPS) is 26.6. The predicted octanol–water partition coefficient (Wildman–Crippen LogP) is -2.30. The van der Waals surface area contributed by atoms with Gasteiger partial charge in [0, 0.05) is 12.2 Å². The Hall–Kier alpha value is -0.660.